The SMILES string of the molecule is CC[NH+]1CCN(c2c(C)c(C)nc3c(-c4ccccc4)cnn23)CC1. The number of fused-ring (bicyclic) bond motifs is 1. The molecule has 0 bridgehead atoms. The van der Waals surface area contributed by atoms with Crippen molar-refractivity contribution in [2.45, 2.75) is 20.8 Å². The van der Waals surface area contributed by atoms with E-state index in [9.17, 15) is 0 Å². The highest BCUT2D eigenvalue weighted by molar-refractivity contribution is 5.78. The van der Waals surface area contributed by atoms with Gasteiger partial charge in [-0.3, -0.25) is 0 Å². The topological polar surface area (TPSA) is 37.9 Å². The molecule has 0 saturated carbocycles. The van der Waals surface area contributed by atoms with Crippen molar-refractivity contribution in [2.24, 2.45) is 0 Å². The molecule has 4 rings (SSSR count). The Kier molecular flexibility index (Phi) is 4.17. The van der Waals surface area contributed by atoms with E-state index in [1.165, 1.54) is 36.6 Å². The van der Waals surface area contributed by atoms with Gasteiger partial charge in [0.2, 0.25) is 0 Å². The Balaban J connectivity index is 1.82. The Morgan fingerprint density at radius 3 is 2.48 bits per heavy atom. The van der Waals surface area contributed by atoms with Gasteiger partial charge in [0.15, 0.2) is 5.65 Å². The van der Waals surface area contributed by atoms with Crippen LogP contribution in [0.25, 0.3) is 16.8 Å². The number of quaternary nitrogens is 1. The smallest absolute Gasteiger partial charge is 0.165 e. The third-order valence-electron chi connectivity index (χ3n) is 5.45. The molecule has 1 aliphatic rings. The summed E-state index contributed by atoms with van der Waals surface area (Å²) in [4.78, 5) is 9.03. The number of benzene rings is 1. The first kappa shape index (κ1) is 16.1. The molecule has 0 spiro atoms. The molecule has 5 heteroatoms. The fourth-order valence-corrected chi connectivity index (χ4v) is 3.75. The van der Waals surface area contributed by atoms with E-state index < -0.39 is 0 Å². The molecule has 130 valence electrons. The average Bonchev–Trinajstić information content (AvgIpc) is 3.07. The summed E-state index contributed by atoms with van der Waals surface area (Å²) in [6.45, 7) is 12.3. The molecule has 0 radical (unpaired) electrons. The number of nitrogens with one attached hydrogen (secondary N) is 1. The molecule has 0 amide bonds. The standard InChI is InChI=1S/C20H25N5/c1-4-23-10-12-24(13-11-23)20-15(2)16(3)22-19-18(14-21-25(19)20)17-8-6-5-7-9-17/h5-9,14H,4,10-13H2,1-3H3/p+1. The van der Waals surface area contributed by atoms with Crippen molar-refractivity contribution >= 4 is 11.5 Å². The zero-order chi connectivity index (χ0) is 17.4. The molecule has 1 N–H and O–H groups in total. The van der Waals surface area contributed by atoms with E-state index in [-0.39, 0.29) is 0 Å². The van der Waals surface area contributed by atoms with Crippen molar-refractivity contribution in [1.29, 1.82) is 0 Å². The molecule has 1 saturated heterocycles. The van der Waals surface area contributed by atoms with Crippen LogP contribution in [0.3, 0.4) is 0 Å². The highest BCUT2D eigenvalue weighted by Gasteiger charge is 2.24. The monoisotopic (exact) mass is 336 g/mol. The van der Waals surface area contributed by atoms with Crippen LogP contribution in [-0.2, 0) is 0 Å². The Labute approximate surface area is 148 Å². The Hall–Kier alpha value is -2.40. The van der Waals surface area contributed by atoms with Crippen molar-refractivity contribution in [3.05, 3.63) is 47.8 Å². The summed E-state index contributed by atoms with van der Waals surface area (Å²) in [6.07, 6.45) is 1.95. The first-order chi connectivity index (χ1) is 12.2. The first-order valence-electron chi connectivity index (χ1n) is 9.18. The molecule has 1 fully saturated rings. The van der Waals surface area contributed by atoms with Gasteiger partial charge in [0.1, 0.15) is 5.82 Å². The van der Waals surface area contributed by atoms with Crippen molar-refractivity contribution < 1.29 is 4.90 Å². The maximum absolute atomic E-state index is 4.87. The third kappa shape index (κ3) is 2.78. The number of piperazine rings is 1. The molecule has 1 aliphatic heterocycles. The van der Waals surface area contributed by atoms with E-state index in [1.807, 2.05) is 16.8 Å². The van der Waals surface area contributed by atoms with Crippen LogP contribution in [0.4, 0.5) is 5.82 Å². The van der Waals surface area contributed by atoms with Gasteiger partial charge in [-0.05, 0) is 26.3 Å². The largest absolute Gasteiger partial charge is 0.345 e. The maximum Gasteiger partial charge on any atom is 0.165 e. The minimum Gasteiger partial charge on any atom is -0.345 e. The number of aromatic nitrogens is 3. The van der Waals surface area contributed by atoms with Crippen LogP contribution in [-0.4, -0.2) is 47.3 Å². The van der Waals surface area contributed by atoms with Gasteiger partial charge in [-0.15, -0.1) is 0 Å². The zero-order valence-electron chi connectivity index (χ0n) is 15.3. The van der Waals surface area contributed by atoms with E-state index in [0.717, 1.165) is 30.0 Å². The van der Waals surface area contributed by atoms with Crippen molar-refractivity contribution in [1.82, 2.24) is 14.6 Å². The Morgan fingerprint density at radius 2 is 1.80 bits per heavy atom. The molecule has 1 aromatic carbocycles. The Bertz CT molecular complexity index is 876. The molecular weight excluding hydrogens is 310 g/mol. The summed E-state index contributed by atoms with van der Waals surface area (Å²) in [7, 11) is 0. The van der Waals surface area contributed by atoms with Gasteiger partial charge < -0.3 is 9.80 Å². The van der Waals surface area contributed by atoms with E-state index in [1.54, 1.807) is 4.90 Å². The second-order valence-corrected chi connectivity index (χ2v) is 6.90. The second kappa shape index (κ2) is 6.48. The van der Waals surface area contributed by atoms with Gasteiger partial charge in [-0.1, -0.05) is 30.3 Å². The van der Waals surface area contributed by atoms with Gasteiger partial charge in [-0.2, -0.15) is 9.61 Å². The van der Waals surface area contributed by atoms with Gasteiger partial charge in [0.25, 0.3) is 0 Å². The molecule has 5 nitrogen and oxygen atoms in total. The maximum atomic E-state index is 4.87. The van der Waals surface area contributed by atoms with Gasteiger partial charge >= 0.3 is 0 Å². The van der Waals surface area contributed by atoms with E-state index in [4.69, 9.17) is 10.1 Å². The van der Waals surface area contributed by atoms with Crippen molar-refractivity contribution in [3.8, 4) is 11.1 Å². The molecular formula is C20H26N5+. The fraction of sp³-hybridized carbons (Fsp3) is 0.400. The highest BCUT2D eigenvalue weighted by atomic mass is 15.4. The van der Waals surface area contributed by atoms with Gasteiger partial charge in [-0.25, -0.2) is 4.98 Å². The van der Waals surface area contributed by atoms with E-state index >= 15 is 0 Å². The number of anilines is 1. The van der Waals surface area contributed by atoms with E-state index in [2.05, 4.69) is 49.9 Å². The van der Waals surface area contributed by atoms with Crippen LogP contribution in [0.15, 0.2) is 36.5 Å². The summed E-state index contributed by atoms with van der Waals surface area (Å²) in [5, 5.41) is 4.72. The molecule has 3 heterocycles. The lowest BCUT2D eigenvalue weighted by Crippen LogP contribution is -3.14. The number of hydrogen-bond acceptors (Lipinski definition) is 3. The molecule has 25 heavy (non-hydrogen) atoms. The molecule has 0 atom stereocenters. The highest BCUT2D eigenvalue weighted by Crippen LogP contribution is 2.29. The summed E-state index contributed by atoms with van der Waals surface area (Å²) in [5.41, 5.74) is 5.54. The summed E-state index contributed by atoms with van der Waals surface area (Å²) < 4.78 is 2.04. The van der Waals surface area contributed by atoms with Crippen LogP contribution in [0.5, 0.6) is 0 Å². The lowest BCUT2D eigenvalue weighted by Gasteiger charge is -2.34. The number of nitrogens with zero attached hydrogens (tertiary/aromatic N) is 4. The van der Waals surface area contributed by atoms with Crippen LogP contribution in [0.1, 0.15) is 18.2 Å². The quantitative estimate of drug-likeness (QED) is 0.792. The van der Waals surface area contributed by atoms with Gasteiger partial charge in [0.05, 0.1) is 38.9 Å². The predicted molar refractivity (Wildman–Crippen MR) is 101 cm³/mol. The predicted octanol–water partition coefficient (Wildman–Crippen LogP) is 1.74. The fourth-order valence-electron chi connectivity index (χ4n) is 3.75. The zero-order valence-corrected chi connectivity index (χ0v) is 15.3. The number of aryl methyl sites for hydroxylation is 1. The molecule has 0 unspecified atom stereocenters. The molecule has 0 aliphatic carbocycles. The number of hydrogen-bond donors (Lipinski definition) is 1. The minimum atomic E-state index is 0.953. The van der Waals surface area contributed by atoms with Crippen LogP contribution in [0.2, 0.25) is 0 Å². The van der Waals surface area contributed by atoms with E-state index in [0.29, 0.717) is 0 Å². The average molecular weight is 336 g/mol. The lowest BCUT2D eigenvalue weighted by molar-refractivity contribution is -0.898. The summed E-state index contributed by atoms with van der Waals surface area (Å²) in [6, 6.07) is 10.4. The normalized spacial score (nSPS) is 15.9. The first-order valence-corrected chi connectivity index (χ1v) is 9.18. The third-order valence-corrected chi connectivity index (χ3v) is 5.45. The molecule has 3 aromatic rings. The van der Waals surface area contributed by atoms with Gasteiger partial charge in [0, 0.05) is 16.8 Å². The lowest BCUT2D eigenvalue weighted by atomic mass is 10.1. The molecule has 2 aromatic heterocycles. The van der Waals surface area contributed by atoms with Crippen molar-refractivity contribution in [2.75, 3.05) is 37.6 Å². The summed E-state index contributed by atoms with van der Waals surface area (Å²) >= 11 is 0. The number of likely N-dealkylation sites (N-methyl/N-ethyl adjacent to an activating group) is 1. The van der Waals surface area contributed by atoms with Crippen molar-refractivity contribution in [3.63, 3.8) is 0 Å². The Morgan fingerprint density at radius 1 is 1.08 bits per heavy atom. The number of rotatable bonds is 3. The second-order valence-electron chi connectivity index (χ2n) is 6.90. The summed E-state index contributed by atoms with van der Waals surface area (Å²) in [5.74, 6) is 1.21. The van der Waals surface area contributed by atoms with Crippen LogP contribution >= 0.6 is 0 Å². The van der Waals surface area contributed by atoms with Crippen LogP contribution < -0.4 is 9.80 Å². The minimum absolute atomic E-state index is 0.953. The van der Waals surface area contributed by atoms with Crippen LogP contribution in [0, 0.1) is 13.8 Å².